The van der Waals surface area contributed by atoms with Crippen LogP contribution in [-0.2, 0) is 25.9 Å². The number of hydrogen-bond donors (Lipinski definition) is 3. The Bertz CT molecular complexity index is 1280. The molecular formula is C26H30N4O7S. The fraction of sp³-hybridized carbons (Fsp3) is 0.385. The predicted molar refractivity (Wildman–Crippen MR) is 139 cm³/mol. The number of urea groups is 1. The van der Waals surface area contributed by atoms with E-state index in [-0.39, 0.29) is 54.7 Å². The van der Waals surface area contributed by atoms with Crippen molar-refractivity contribution in [2.45, 2.75) is 45.2 Å². The molecule has 0 bridgehead atoms. The van der Waals surface area contributed by atoms with Crippen molar-refractivity contribution in [1.29, 1.82) is 5.26 Å². The number of rotatable bonds is 11. The third-order valence-corrected chi connectivity index (χ3v) is 6.77. The molecule has 0 saturated heterocycles. The molecule has 2 amide bonds. The Morgan fingerprint density at radius 1 is 1.13 bits per heavy atom. The molecule has 2 heterocycles. The number of aromatic nitrogens is 1. The van der Waals surface area contributed by atoms with Gasteiger partial charge in [-0.3, -0.25) is 14.2 Å². The van der Waals surface area contributed by atoms with E-state index in [0.717, 1.165) is 17.3 Å². The van der Waals surface area contributed by atoms with E-state index in [9.17, 15) is 24.8 Å². The molecule has 0 aliphatic carbocycles. The van der Waals surface area contributed by atoms with Crippen LogP contribution in [0.5, 0.6) is 0 Å². The Morgan fingerprint density at radius 3 is 2.45 bits per heavy atom. The van der Waals surface area contributed by atoms with Crippen LogP contribution in [0, 0.1) is 18.3 Å². The number of aliphatic hydroxyl groups excluding tert-OH is 1. The summed E-state index contributed by atoms with van der Waals surface area (Å²) in [6.07, 6.45) is 0. The molecule has 38 heavy (non-hydrogen) atoms. The van der Waals surface area contributed by atoms with E-state index in [0.29, 0.717) is 16.3 Å². The van der Waals surface area contributed by atoms with Crippen LogP contribution in [0.15, 0.2) is 40.6 Å². The number of carbonyl (C=O) groups excluding carboxylic acids is 3. The van der Waals surface area contributed by atoms with Crippen LogP contribution < -0.4 is 10.6 Å². The summed E-state index contributed by atoms with van der Waals surface area (Å²) in [6.45, 7) is 6.70. The lowest BCUT2D eigenvalue weighted by molar-refractivity contribution is -0.301. The molecule has 3 rings (SSSR count). The number of nitrogens with zero attached hydrogens (tertiary/aromatic N) is 2. The Kier molecular flexibility index (Phi) is 10.1. The third kappa shape index (κ3) is 6.08. The van der Waals surface area contributed by atoms with Gasteiger partial charge in [0.2, 0.25) is 0 Å². The van der Waals surface area contributed by atoms with Gasteiger partial charge in [-0.15, -0.1) is 11.8 Å². The molecule has 1 aromatic heterocycles. The van der Waals surface area contributed by atoms with Crippen LogP contribution in [0.25, 0.3) is 0 Å². The third-order valence-electron chi connectivity index (χ3n) is 5.68. The van der Waals surface area contributed by atoms with E-state index >= 15 is 0 Å². The van der Waals surface area contributed by atoms with Gasteiger partial charge >= 0.3 is 12.0 Å². The second-order valence-electron chi connectivity index (χ2n) is 8.21. The van der Waals surface area contributed by atoms with E-state index < -0.39 is 23.8 Å². The molecule has 12 heteroatoms. The summed E-state index contributed by atoms with van der Waals surface area (Å²) in [5.41, 5.74) is 2.05. The predicted octanol–water partition coefficient (Wildman–Crippen LogP) is 3.62. The smallest absolute Gasteiger partial charge is 0.323 e. The SMILES string of the molecule is CCOOCc1c(C#N)c2n(c1SCCO)C(=O)C(C)=C(NC(=O)Nc1ccc(C)cc1)C2C(=O)OCC. The highest BCUT2D eigenvalue weighted by molar-refractivity contribution is 7.99. The quantitative estimate of drug-likeness (QED) is 0.127. The molecule has 0 saturated carbocycles. The molecule has 0 spiro atoms. The number of aliphatic hydroxyl groups is 1. The van der Waals surface area contributed by atoms with Crippen LogP contribution in [-0.4, -0.2) is 53.2 Å². The number of thioether (sulfide) groups is 1. The number of anilines is 1. The van der Waals surface area contributed by atoms with Crippen LogP contribution in [0.4, 0.5) is 10.5 Å². The summed E-state index contributed by atoms with van der Waals surface area (Å²) in [4.78, 5) is 50.1. The largest absolute Gasteiger partial charge is 0.465 e. The summed E-state index contributed by atoms with van der Waals surface area (Å²) in [6, 6.07) is 8.52. The lowest BCUT2D eigenvalue weighted by Gasteiger charge is -2.28. The summed E-state index contributed by atoms with van der Waals surface area (Å²) in [5.74, 6) is -2.33. The molecule has 202 valence electrons. The maximum absolute atomic E-state index is 13.6. The second-order valence-corrected chi connectivity index (χ2v) is 9.29. The van der Waals surface area contributed by atoms with Crippen LogP contribution in [0.1, 0.15) is 53.9 Å². The summed E-state index contributed by atoms with van der Waals surface area (Å²) in [5, 5.41) is 25.2. The average molecular weight is 543 g/mol. The number of aryl methyl sites for hydroxylation is 1. The monoisotopic (exact) mass is 542 g/mol. The van der Waals surface area contributed by atoms with Crippen LogP contribution in [0.3, 0.4) is 0 Å². The van der Waals surface area contributed by atoms with Crippen molar-refractivity contribution in [3.63, 3.8) is 0 Å². The zero-order chi connectivity index (χ0) is 27.8. The number of hydrogen-bond acceptors (Lipinski definition) is 9. The standard InChI is InChI=1S/C26H30N4O7S/c1-5-35-25(33)20-21(29-26(34)28-17-9-7-15(3)8-10-17)16(4)23(32)30-22(20)18(13-27)19(14-37-36-6-2)24(30)38-12-11-31/h7-10,20,31H,5-6,11-12,14H2,1-4H3,(H2,28,29,34). The van der Waals surface area contributed by atoms with Gasteiger partial charge in [0.15, 0.2) is 0 Å². The molecule has 11 nitrogen and oxygen atoms in total. The number of nitriles is 1. The molecule has 3 N–H and O–H groups in total. The summed E-state index contributed by atoms with van der Waals surface area (Å²) in [7, 11) is 0. The van der Waals surface area contributed by atoms with Crippen molar-refractivity contribution in [1.82, 2.24) is 9.88 Å². The summed E-state index contributed by atoms with van der Waals surface area (Å²) < 4.78 is 6.58. The Morgan fingerprint density at radius 2 is 1.84 bits per heavy atom. The molecule has 1 aliphatic heterocycles. The first-order chi connectivity index (χ1) is 18.3. The number of esters is 1. The Balaban J connectivity index is 2.13. The first-order valence-corrected chi connectivity index (χ1v) is 13.0. The minimum Gasteiger partial charge on any atom is -0.465 e. The number of carbonyl (C=O) groups is 3. The molecule has 1 aliphatic rings. The number of allylic oxidation sites excluding steroid dienone is 1. The molecular weight excluding hydrogens is 512 g/mol. The van der Waals surface area contributed by atoms with Gasteiger partial charge < -0.3 is 20.5 Å². The van der Waals surface area contributed by atoms with Crippen LogP contribution in [0.2, 0.25) is 0 Å². The van der Waals surface area contributed by atoms with Gasteiger partial charge in [0, 0.05) is 28.3 Å². The first-order valence-electron chi connectivity index (χ1n) is 12.0. The van der Waals surface area contributed by atoms with Crippen molar-refractivity contribution in [3.8, 4) is 6.07 Å². The van der Waals surface area contributed by atoms with Gasteiger partial charge in [-0.2, -0.15) is 5.26 Å². The first kappa shape index (κ1) is 28.9. The fourth-order valence-electron chi connectivity index (χ4n) is 4.01. The highest BCUT2D eigenvalue weighted by Gasteiger charge is 2.43. The molecule has 2 aromatic rings. The van der Waals surface area contributed by atoms with Gasteiger partial charge in [-0.25, -0.2) is 14.6 Å². The van der Waals surface area contributed by atoms with E-state index in [4.69, 9.17) is 14.5 Å². The van der Waals surface area contributed by atoms with Gasteiger partial charge in [-0.05, 0) is 39.8 Å². The number of benzene rings is 1. The van der Waals surface area contributed by atoms with Crippen LogP contribution >= 0.6 is 11.8 Å². The fourth-order valence-corrected chi connectivity index (χ4v) is 4.94. The second kappa shape index (κ2) is 13.3. The maximum atomic E-state index is 13.6. The van der Waals surface area contributed by atoms with Crippen molar-refractivity contribution in [3.05, 3.63) is 57.9 Å². The molecule has 1 unspecified atom stereocenters. The zero-order valence-electron chi connectivity index (χ0n) is 21.6. The number of nitrogens with one attached hydrogen (secondary N) is 2. The lowest BCUT2D eigenvalue weighted by atomic mass is 9.91. The summed E-state index contributed by atoms with van der Waals surface area (Å²) >= 11 is 1.14. The normalized spacial score (nSPS) is 14.6. The van der Waals surface area contributed by atoms with Crippen molar-refractivity contribution >= 4 is 35.4 Å². The minimum atomic E-state index is -1.28. The molecule has 1 aromatic carbocycles. The number of amides is 2. The zero-order valence-corrected chi connectivity index (χ0v) is 22.4. The number of fused-ring (bicyclic) bond motifs is 1. The highest BCUT2D eigenvalue weighted by atomic mass is 32.2. The highest BCUT2D eigenvalue weighted by Crippen LogP contribution is 2.42. The van der Waals surface area contributed by atoms with E-state index in [2.05, 4.69) is 16.7 Å². The van der Waals surface area contributed by atoms with E-state index in [1.165, 1.54) is 11.5 Å². The van der Waals surface area contributed by atoms with Gasteiger partial charge in [-0.1, -0.05) is 17.7 Å². The van der Waals surface area contributed by atoms with Gasteiger partial charge in [0.1, 0.15) is 18.6 Å². The molecule has 0 radical (unpaired) electrons. The molecule has 0 fully saturated rings. The van der Waals surface area contributed by atoms with Gasteiger partial charge in [0.25, 0.3) is 5.91 Å². The van der Waals surface area contributed by atoms with Crippen molar-refractivity contribution in [2.24, 2.45) is 0 Å². The minimum absolute atomic E-state index is 0.00977. The average Bonchev–Trinajstić information content (AvgIpc) is 3.20. The van der Waals surface area contributed by atoms with E-state index in [1.807, 2.05) is 19.1 Å². The number of ether oxygens (including phenoxy) is 1. The van der Waals surface area contributed by atoms with Gasteiger partial charge in [0.05, 0.1) is 36.1 Å². The maximum Gasteiger partial charge on any atom is 0.323 e. The topological polar surface area (TPSA) is 152 Å². The Labute approximate surface area is 224 Å². The molecule has 1 atom stereocenters. The van der Waals surface area contributed by atoms with E-state index in [1.54, 1.807) is 26.0 Å². The Hall–Kier alpha value is -3.63. The van der Waals surface area contributed by atoms with Crippen molar-refractivity contribution in [2.75, 3.05) is 30.9 Å². The van der Waals surface area contributed by atoms with Crippen molar-refractivity contribution < 1.29 is 34.0 Å². The lowest BCUT2D eigenvalue weighted by Crippen LogP contribution is -2.40.